The number of carbonyl (C=O) groups excluding carboxylic acids is 2. The Morgan fingerprint density at radius 1 is 0.893 bits per heavy atom. The molecule has 2 aromatic carbocycles. The molecule has 0 unspecified atom stereocenters. The van der Waals surface area contributed by atoms with Crippen LogP contribution in [-0.4, -0.2) is 27.3 Å². The molecule has 0 radical (unpaired) electrons. The van der Waals surface area contributed by atoms with E-state index >= 15 is 0 Å². The molecule has 0 atom stereocenters. The smallest absolute Gasteiger partial charge is 0.291 e. The van der Waals surface area contributed by atoms with Crippen molar-refractivity contribution in [1.82, 2.24) is 5.32 Å². The molecule has 0 fully saturated rings. The molecule has 28 heavy (non-hydrogen) atoms. The van der Waals surface area contributed by atoms with Gasteiger partial charge in [-0.15, -0.1) is 0 Å². The second-order valence-electron chi connectivity index (χ2n) is 5.92. The van der Waals surface area contributed by atoms with E-state index in [1.54, 1.807) is 42.5 Å². The summed E-state index contributed by atoms with van der Waals surface area (Å²) in [5.74, 6) is -1.19. The summed E-state index contributed by atoms with van der Waals surface area (Å²) < 4.78 is 30.2. The van der Waals surface area contributed by atoms with Crippen LogP contribution in [0.2, 0.25) is 0 Å². The van der Waals surface area contributed by atoms with Gasteiger partial charge in [-0.1, -0.05) is 30.3 Å². The first-order chi connectivity index (χ1) is 13.4. The van der Waals surface area contributed by atoms with E-state index in [0.717, 1.165) is 0 Å². The normalized spacial score (nSPS) is 11.0. The first-order valence-corrected chi connectivity index (χ1v) is 10.0. The van der Waals surface area contributed by atoms with Crippen LogP contribution in [0, 0.1) is 0 Å². The standard InChI is InChI=1S/C20H18N2O5S/c1-21-19(23)16-9-5-6-10-17(16)22-20(24)18-12-11-14(27-18)13-28(25,26)15-7-3-2-4-8-15/h2-12H,13H2,1H3,(H,21,23)(H,22,24). The van der Waals surface area contributed by atoms with Crippen LogP contribution >= 0.6 is 0 Å². The molecule has 0 saturated heterocycles. The highest BCUT2D eigenvalue weighted by molar-refractivity contribution is 7.90. The third kappa shape index (κ3) is 4.29. The molecule has 7 nitrogen and oxygen atoms in total. The Balaban J connectivity index is 1.76. The van der Waals surface area contributed by atoms with Gasteiger partial charge in [-0.2, -0.15) is 0 Å². The zero-order chi connectivity index (χ0) is 20.1. The maximum Gasteiger partial charge on any atom is 0.291 e. The van der Waals surface area contributed by atoms with Crippen molar-refractivity contribution in [2.75, 3.05) is 12.4 Å². The molecule has 0 aliphatic carbocycles. The quantitative estimate of drug-likeness (QED) is 0.664. The lowest BCUT2D eigenvalue weighted by Gasteiger charge is -2.08. The van der Waals surface area contributed by atoms with Crippen LogP contribution in [0.5, 0.6) is 0 Å². The van der Waals surface area contributed by atoms with Crippen molar-refractivity contribution >= 4 is 27.3 Å². The molecular formula is C20H18N2O5S. The van der Waals surface area contributed by atoms with Crippen LogP contribution in [0.4, 0.5) is 5.69 Å². The molecule has 0 aliphatic rings. The van der Waals surface area contributed by atoms with Gasteiger partial charge < -0.3 is 15.1 Å². The molecule has 0 aliphatic heterocycles. The van der Waals surface area contributed by atoms with Gasteiger partial charge in [0.25, 0.3) is 11.8 Å². The minimum Gasteiger partial charge on any atom is -0.455 e. The molecule has 0 spiro atoms. The van der Waals surface area contributed by atoms with E-state index in [1.807, 2.05) is 0 Å². The number of nitrogens with one attached hydrogen (secondary N) is 2. The molecule has 3 aromatic rings. The van der Waals surface area contributed by atoms with E-state index in [0.29, 0.717) is 11.3 Å². The first kappa shape index (κ1) is 19.4. The maximum atomic E-state index is 12.4. The van der Waals surface area contributed by atoms with Gasteiger partial charge in [0.1, 0.15) is 11.5 Å². The van der Waals surface area contributed by atoms with Crippen LogP contribution < -0.4 is 10.6 Å². The highest BCUT2D eigenvalue weighted by atomic mass is 32.2. The van der Waals surface area contributed by atoms with Crippen LogP contribution in [0.15, 0.2) is 76.0 Å². The van der Waals surface area contributed by atoms with E-state index in [9.17, 15) is 18.0 Å². The molecule has 1 heterocycles. The zero-order valence-electron chi connectivity index (χ0n) is 15.0. The summed E-state index contributed by atoms with van der Waals surface area (Å²) in [4.78, 5) is 24.5. The minimum atomic E-state index is -3.58. The summed E-state index contributed by atoms with van der Waals surface area (Å²) in [6.07, 6.45) is 0. The summed E-state index contributed by atoms with van der Waals surface area (Å²) in [6.45, 7) is 0. The highest BCUT2D eigenvalue weighted by Gasteiger charge is 2.20. The predicted octanol–water partition coefficient (Wildman–Crippen LogP) is 2.87. The van der Waals surface area contributed by atoms with E-state index in [2.05, 4.69) is 10.6 Å². The third-order valence-electron chi connectivity index (χ3n) is 3.97. The van der Waals surface area contributed by atoms with Crippen molar-refractivity contribution in [3.63, 3.8) is 0 Å². The largest absolute Gasteiger partial charge is 0.455 e. The predicted molar refractivity (Wildman–Crippen MR) is 104 cm³/mol. The number of hydrogen-bond donors (Lipinski definition) is 2. The van der Waals surface area contributed by atoms with Crippen molar-refractivity contribution in [2.24, 2.45) is 0 Å². The number of sulfone groups is 1. The summed E-state index contributed by atoms with van der Waals surface area (Å²) >= 11 is 0. The van der Waals surface area contributed by atoms with Gasteiger partial charge >= 0.3 is 0 Å². The lowest BCUT2D eigenvalue weighted by atomic mass is 10.1. The van der Waals surface area contributed by atoms with Crippen molar-refractivity contribution in [3.05, 3.63) is 83.8 Å². The molecule has 0 bridgehead atoms. The molecular weight excluding hydrogens is 380 g/mol. The molecule has 0 saturated carbocycles. The molecule has 144 valence electrons. The number of para-hydroxylation sites is 1. The second kappa shape index (κ2) is 8.10. The number of furan rings is 1. The number of benzene rings is 2. The fourth-order valence-electron chi connectivity index (χ4n) is 2.58. The van der Waals surface area contributed by atoms with Crippen LogP contribution in [-0.2, 0) is 15.6 Å². The van der Waals surface area contributed by atoms with Gasteiger partial charge in [-0.05, 0) is 36.4 Å². The Morgan fingerprint density at radius 2 is 1.57 bits per heavy atom. The fraction of sp³-hybridized carbons (Fsp3) is 0.100. The number of hydrogen-bond acceptors (Lipinski definition) is 5. The van der Waals surface area contributed by atoms with Gasteiger partial charge in [0.05, 0.1) is 16.1 Å². The second-order valence-corrected chi connectivity index (χ2v) is 7.91. The van der Waals surface area contributed by atoms with Crippen molar-refractivity contribution in [2.45, 2.75) is 10.6 Å². The van der Waals surface area contributed by atoms with Crippen LogP contribution in [0.1, 0.15) is 26.7 Å². The average molecular weight is 398 g/mol. The number of carbonyl (C=O) groups is 2. The number of anilines is 1. The third-order valence-corrected chi connectivity index (χ3v) is 5.62. The molecule has 2 N–H and O–H groups in total. The fourth-order valence-corrected chi connectivity index (χ4v) is 3.85. The summed E-state index contributed by atoms with van der Waals surface area (Å²) in [6, 6.07) is 17.4. The monoisotopic (exact) mass is 398 g/mol. The average Bonchev–Trinajstić information content (AvgIpc) is 3.16. The molecule has 8 heteroatoms. The Bertz CT molecular complexity index is 1100. The Morgan fingerprint density at radius 3 is 2.29 bits per heavy atom. The molecule has 1 aromatic heterocycles. The van der Waals surface area contributed by atoms with Crippen LogP contribution in [0.3, 0.4) is 0 Å². The van der Waals surface area contributed by atoms with Crippen molar-refractivity contribution in [3.8, 4) is 0 Å². The number of rotatable bonds is 6. The van der Waals surface area contributed by atoms with Crippen LogP contribution in [0.25, 0.3) is 0 Å². The first-order valence-electron chi connectivity index (χ1n) is 8.39. The summed E-state index contributed by atoms with van der Waals surface area (Å²) in [7, 11) is -2.09. The lowest BCUT2D eigenvalue weighted by molar-refractivity contribution is 0.0964. The maximum absolute atomic E-state index is 12.4. The highest BCUT2D eigenvalue weighted by Crippen LogP contribution is 2.20. The summed E-state index contributed by atoms with van der Waals surface area (Å²) in [5.41, 5.74) is 0.624. The summed E-state index contributed by atoms with van der Waals surface area (Å²) in [5, 5.41) is 5.11. The van der Waals surface area contributed by atoms with Gasteiger partial charge in [0, 0.05) is 7.05 Å². The van der Waals surface area contributed by atoms with Gasteiger partial charge in [-0.3, -0.25) is 9.59 Å². The van der Waals surface area contributed by atoms with E-state index in [-0.39, 0.29) is 28.1 Å². The van der Waals surface area contributed by atoms with Gasteiger partial charge in [-0.25, -0.2) is 8.42 Å². The van der Waals surface area contributed by atoms with Gasteiger partial charge in [0.2, 0.25) is 0 Å². The Hall–Kier alpha value is -3.39. The van der Waals surface area contributed by atoms with Gasteiger partial charge in [0.15, 0.2) is 15.6 Å². The molecule has 3 rings (SSSR count). The lowest BCUT2D eigenvalue weighted by Crippen LogP contribution is -2.21. The Kier molecular flexibility index (Phi) is 5.60. The van der Waals surface area contributed by atoms with E-state index in [4.69, 9.17) is 4.42 Å². The zero-order valence-corrected chi connectivity index (χ0v) is 15.8. The van der Waals surface area contributed by atoms with E-state index in [1.165, 1.54) is 31.3 Å². The minimum absolute atomic E-state index is 0.0510. The number of amides is 2. The Labute approximate surface area is 162 Å². The van der Waals surface area contributed by atoms with Crippen molar-refractivity contribution in [1.29, 1.82) is 0 Å². The topological polar surface area (TPSA) is 105 Å². The SMILES string of the molecule is CNC(=O)c1ccccc1NC(=O)c1ccc(CS(=O)(=O)c2ccccc2)o1. The molecule has 2 amide bonds. The van der Waals surface area contributed by atoms with Crippen molar-refractivity contribution < 1.29 is 22.4 Å². The van der Waals surface area contributed by atoms with E-state index < -0.39 is 15.7 Å².